The van der Waals surface area contributed by atoms with Crippen molar-refractivity contribution in [3.8, 4) is 5.69 Å². The molecular weight excluding hydrogens is 449 g/mol. The summed E-state index contributed by atoms with van der Waals surface area (Å²) in [7, 11) is 0. The highest BCUT2D eigenvalue weighted by molar-refractivity contribution is 14.1. The van der Waals surface area contributed by atoms with Crippen molar-refractivity contribution in [1.82, 2.24) is 20.2 Å². The van der Waals surface area contributed by atoms with E-state index in [4.69, 9.17) is 0 Å². The second-order valence-electron chi connectivity index (χ2n) is 5.46. The van der Waals surface area contributed by atoms with Gasteiger partial charge >= 0.3 is 0 Å². The number of anilines is 1. The number of amides is 1. The number of hydrogen-bond acceptors (Lipinski definition) is 5. The lowest BCUT2D eigenvalue weighted by Crippen LogP contribution is -2.15. The van der Waals surface area contributed by atoms with Crippen LogP contribution >= 0.6 is 34.4 Å². The SMILES string of the molecule is Cc1cc(I)ccc1NC(=O)CSc1nnnn1-c1ccccc1C. The zero-order valence-corrected chi connectivity index (χ0v) is 16.7. The molecule has 6 nitrogen and oxygen atoms in total. The minimum absolute atomic E-state index is 0.0892. The Labute approximate surface area is 163 Å². The van der Waals surface area contributed by atoms with Gasteiger partial charge in [-0.05, 0) is 82.3 Å². The summed E-state index contributed by atoms with van der Waals surface area (Å²) >= 11 is 3.56. The van der Waals surface area contributed by atoms with E-state index in [-0.39, 0.29) is 11.7 Å². The molecule has 0 saturated heterocycles. The number of rotatable bonds is 5. The third-order valence-corrected chi connectivity index (χ3v) is 5.17. The van der Waals surface area contributed by atoms with Gasteiger partial charge in [-0.15, -0.1) is 5.10 Å². The number of halogens is 1. The summed E-state index contributed by atoms with van der Waals surface area (Å²) in [6.45, 7) is 3.97. The lowest BCUT2D eigenvalue weighted by atomic mass is 10.2. The van der Waals surface area contributed by atoms with E-state index in [9.17, 15) is 4.79 Å². The second kappa shape index (κ2) is 7.96. The molecule has 0 bridgehead atoms. The van der Waals surface area contributed by atoms with Crippen molar-refractivity contribution >= 4 is 45.9 Å². The van der Waals surface area contributed by atoms with Crippen molar-refractivity contribution in [2.24, 2.45) is 0 Å². The molecule has 0 saturated carbocycles. The van der Waals surface area contributed by atoms with E-state index >= 15 is 0 Å². The normalized spacial score (nSPS) is 10.7. The zero-order chi connectivity index (χ0) is 17.8. The highest BCUT2D eigenvalue weighted by atomic mass is 127. The Kier molecular flexibility index (Phi) is 5.69. The maximum atomic E-state index is 12.2. The number of para-hydroxylation sites is 1. The van der Waals surface area contributed by atoms with E-state index in [1.807, 2.05) is 56.3 Å². The molecule has 0 aliphatic carbocycles. The summed E-state index contributed by atoms with van der Waals surface area (Å²) in [6, 6.07) is 13.8. The van der Waals surface area contributed by atoms with E-state index in [2.05, 4.69) is 43.4 Å². The van der Waals surface area contributed by atoms with E-state index in [0.29, 0.717) is 5.16 Å². The number of aromatic nitrogens is 4. The van der Waals surface area contributed by atoms with Gasteiger partial charge in [-0.1, -0.05) is 30.0 Å². The van der Waals surface area contributed by atoms with Gasteiger partial charge in [0.25, 0.3) is 0 Å². The molecule has 1 heterocycles. The largest absolute Gasteiger partial charge is 0.325 e. The molecule has 0 fully saturated rings. The molecule has 0 spiro atoms. The van der Waals surface area contributed by atoms with E-state index < -0.39 is 0 Å². The van der Waals surface area contributed by atoms with Crippen LogP contribution < -0.4 is 5.32 Å². The molecule has 25 heavy (non-hydrogen) atoms. The molecule has 0 atom stereocenters. The van der Waals surface area contributed by atoms with Crippen LogP contribution in [0.25, 0.3) is 5.69 Å². The van der Waals surface area contributed by atoms with Gasteiger partial charge in [-0.25, -0.2) is 0 Å². The van der Waals surface area contributed by atoms with Crippen molar-refractivity contribution in [1.29, 1.82) is 0 Å². The molecule has 1 aromatic heterocycles. The number of benzene rings is 2. The number of thioether (sulfide) groups is 1. The van der Waals surface area contributed by atoms with Gasteiger partial charge in [-0.3, -0.25) is 4.79 Å². The molecule has 1 amide bonds. The zero-order valence-electron chi connectivity index (χ0n) is 13.7. The van der Waals surface area contributed by atoms with Crippen LogP contribution in [0.15, 0.2) is 47.6 Å². The first kappa shape index (κ1) is 17.9. The van der Waals surface area contributed by atoms with Gasteiger partial charge in [0.2, 0.25) is 11.1 Å². The van der Waals surface area contributed by atoms with Gasteiger partial charge in [0.15, 0.2) is 0 Å². The number of carbonyl (C=O) groups excluding carboxylic acids is 1. The number of nitrogens with zero attached hydrogens (tertiary/aromatic N) is 4. The monoisotopic (exact) mass is 465 g/mol. The number of hydrogen-bond donors (Lipinski definition) is 1. The van der Waals surface area contributed by atoms with Gasteiger partial charge < -0.3 is 5.32 Å². The molecule has 8 heteroatoms. The number of aryl methyl sites for hydroxylation is 2. The van der Waals surface area contributed by atoms with Crippen molar-refractivity contribution < 1.29 is 4.79 Å². The van der Waals surface area contributed by atoms with Crippen molar-refractivity contribution in [2.45, 2.75) is 19.0 Å². The number of nitrogens with one attached hydrogen (secondary N) is 1. The average molecular weight is 465 g/mol. The minimum atomic E-state index is -0.0892. The van der Waals surface area contributed by atoms with Crippen LogP contribution in [-0.2, 0) is 4.79 Å². The highest BCUT2D eigenvalue weighted by Crippen LogP contribution is 2.22. The Morgan fingerprint density at radius 2 is 2.00 bits per heavy atom. The fourth-order valence-electron chi connectivity index (χ4n) is 2.30. The summed E-state index contributed by atoms with van der Waals surface area (Å²) in [5.74, 6) is 0.145. The van der Waals surface area contributed by atoms with Crippen molar-refractivity contribution in [3.63, 3.8) is 0 Å². The fraction of sp³-hybridized carbons (Fsp3) is 0.176. The molecule has 0 radical (unpaired) electrons. The highest BCUT2D eigenvalue weighted by Gasteiger charge is 2.13. The third kappa shape index (κ3) is 4.37. The summed E-state index contributed by atoms with van der Waals surface area (Å²) < 4.78 is 2.79. The summed E-state index contributed by atoms with van der Waals surface area (Å²) in [5, 5.41) is 15.3. The summed E-state index contributed by atoms with van der Waals surface area (Å²) in [4.78, 5) is 12.2. The van der Waals surface area contributed by atoms with Crippen molar-refractivity contribution in [3.05, 3.63) is 57.2 Å². The van der Waals surface area contributed by atoms with Gasteiger partial charge in [0, 0.05) is 9.26 Å². The van der Waals surface area contributed by atoms with Crippen LogP contribution in [0.3, 0.4) is 0 Å². The number of carbonyl (C=O) groups is 1. The Balaban J connectivity index is 1.67. The predicted octanol–water partition coefficient (Wildman–Crippen LogP) is 3.61. The smallest absolute Gasteiger partial charge is 0.234 e. The van der Waals surface area contributed by atoms with Crippen LogP contribution in [0.1, 0.15) is 11.1 Å². The third-order valence-electron chi connectivity index (χ3n) is 3.58. The Hall–Kier alpha value is -1.94. The molecule has 2 aromatic carbocycles. The molecule has 3 aromatic rings. The molecular formula is C17H16IN5OS. The molecule has 3 rings (SSSR count). The van der Waals surface area contributed by atoms with Crippen molar-refractivity contribution in [2.75, 3.05) is 11.1 Å². The number of tetrazole rings is 1. The van der Waals surface area contributed by atoms with E-state index in [0.717, 1.165) is 26.1 Å². The standard InChI is InChI=1S/C17H16IN5OS/c1-11-5-3-4-6-15(11)23-17(20-21-22-23)25-10-16(24)19-14-8-7-13(18)9-12(14)2/h3-9H,10H2,1-2H3,(H,19,24). The van der Waals surface area contributed by atoms with E-state index in [1.54, 1.807) is 4.68 Å². The van der Waals surface area contributed by atoms with E-state index in [1.165, 1.54) is 11.8 Å². The van der Waals surface area contributed by atoms with Crippen LogP contribution in [0.4, 0.5) is 5.69 Å². The summed E-state index contributed by atoms with van der Waals surface area (Å²) in [6.07, 6.45) is 0. The quantitative estimate of drug-likeness (QED) is 0.461. The van der Waals surface area contributed by atoms with Crippen LogP contribution in [0.2, 0.25) is 0 Å². The predicted molar refractivity (Wildman–Crippen MR) is 107 cm³/mol. The maximum absolute atomic E-state index is 12.2. The first-order chi connectivity index (χ1) is 12.0. The van der Waals surface area contributed by atoms with Crippen LogP contribution in [0, 0.1) is 17.4 Å². The molecule has 0 aliphatic rings. The van der Waals surface area contributed by atoms with Gasteiger partial charge in [0.05, 0.1) is 11.4 Å². The lowest BCUT2D eigenvalue weighted by Gasteiger charge is -2.09. The summed E-state index contributed by atoms with van der Waals surface area (Å²) in [5.41, 5.74) is 3.83. The first-order valence-corrected chi connectivity index (χ1v) is 9.64. The Bertz CT molecular complexity index is 912. The second-order valence-corrected chi connectivity index (χ2v) is 7.64. The Morgan fingerprint density at radius 1 is 1.20 bits per heavy atom. The molecule has 0 aliphatic heterocycles. The molecule has 0 unspecified atom stereocenters. The van der Waals surface area contributed by atoms with Crippen LogP contribution in [0.5, 0.6) is 0 Å². The molecule has 128 valence electrons. The van der Waals surface area contributed by atoms with Gasteiger partial charge in [0.1, 0.15) is 0 Å². The lowest BCUT2D eigenvalue weighted by molar-refractivity contribution is -0.113. The fourth-order valence-corrected chi connectivity index (χ4v) is 3.64. The maximum Gasteiger partial charge on any atom is 0.234 e. The molecule has 1 N–H and O–H groups in total. The first-order valence-electron chi connectivity index (χ1n) is 7.58. The topological polar surface area (TPSA) is 72.7 Å². The van der Waals surface area contributed by atoms with Gasteiger partial charge in [-0.2, -0.15) is 4.68 Å². The minimum Gasteiger partial charge on any atom is -0.325 e. The Morgan fingerprint density at radius 3 is 2.76 bits per heavy atom. The van der Waals surface area contributed by atoms with Crippen LogP contribution in [-0.4, -0.2) is 31.9 Å². The average Bonchev–Trinajstić information content (AvgIpc) is 3.04.